The van der Waals surface area contributed by atoms with Gasteiger partial charge in [-0.15, -0.1) is 11.3 Å². The van der Waals surface area contributed by atoms with Crippen molar-refractivity contribution in [3.8, 4) is 0 Å². The van der Waals surface area contributed by atoms with E-state index in [-0.39, 0.29) is 0 Å². The first-order chi connectivity index (χ1) is 4.33. The van der Waals surface area contributed by atoms with Crippen LogP contribution in [0, 0.1) is 0 Å². The molecule has 0 aromatic carbocycles. The summed E-state index contributed by atoms with van der Waals surface area (Å²) in [5.41, 5.74) is 5.33. The van der Waals surface area contributed by atoms with E-state index in [0.29, 0.717) is 6.54 Å². The lowest BCUT2D eigenvalue weighted by molar-refractivity contribution is 0.989. The Kier molecular flexibility index (Phi) is 2.51. The van der Waals surface area contributed by atoms with Crippen molar-refractivity contribution in [3.63, 3.8) is 0 Å². The molecule has 0 spiro atoms. The molecule has 1 heterocycles. The molecule has 0 atom stereocenters. The maximum absolute atomic E-state index is 5.67. The van der Waals surface area contributed by atoms with Crippen LogP contribution < -0.4 is 5.73 Å². The predicted molar refractivity (Wildman–Crippen MR) is 42.1 cm³/mol. The van der Waals surface area contributed by atoms with Crippen LogP contribution in [0.15, 0.2) is 11.4 Å². The van der Waals surface area contributed by atoms with Gasteiger partial charge in [-0.3, -0.25) is 0 Å². The van der Waals surface area contributed by atoms with Crippen molar-refractivity contribution in [3.05, 3.63) is 21.3 Å². The molecule has 1 aromatic rings. The summed E-state index contributed by atoms with van der Waals surface area (Å²) < 4.78 is 0. The minimum absolute atomic E-state index is 0.705. The third kappa shape index (κ3) is 1.97. The Morgan fingerprint density at radius 1 is 1.67 bits per heavy atom. The van der Waals surface area contributed by atoms with Crippen LogP contribution >= 0.6 is 22.9 Å². The highest BCUT2D eigenvalue weighted by atomic mass is 35.5. The molecule has 9 heavy (non-hydrogen) atoms. The zero-order chi connectivity index (χ0) is 6.69. The van der Waals surface area contributed by atoms with Gasteiger partial charge in [0.15, 0.2) is 0 Å². The van der Waals surface area contributed by atoms with E-state index >= 15 is 0 Å². The Morgan fingerprint density at radius 2 is 2.44 bits per heavy atom. The average Bonchev–Trinajstić information content (AvgIpc) is 2.17. The van der Waals surface area contributed by atoms with E-state index in [1.807, 2.05) is 11.4 Å². The van der Waals surface area contributed by atoms with Crippen LogP contribution in [-0.4, -0.2) is 6.54 Å². The van der Waals surface area contributed by atoms with E-state index in [1.54, 1.807) is 11.3 Å². The second-order valence-corrected chi connectivity index (χ2v) is 3.20. The van der Waals surface area contributed by atoms with Crippen molar-refractivity contribution in [1.29, 1.82) is 0 Å². The molecule has 0 aliphatic carbocycles. The van der Waals surface area contributed by atoms with Gasteiger partial charge in [-0.1, -0.05) is 11.6 Å². The second-order valence-electron chi connectivity index (χ2n) is 1.77. The van der Waals surface area contributed by atoms with Gasteiger partial charge in [0.05, 0.1) is 5.02 Å². The number of rotatable bonds is 2. The van der Waals surface area contributed by atoms with Crippen LogP contribution in [0.1, 0.15) is 4.88 Å². The SMILES string of the molecule is NCCc1cc(Cl)cs1. The van der Waals surface area contributed by atoms with Gasteiger partial charge in [0.25, 0.3) is 0 Å². The Bertz CT molecular complexity index is 185. The topological polar surface area (TPSA) is 26.0 Å². The molecular weight excluding hydrogens is 154 g/mol. The van der Waals surface area contributed by atoms with Gasteiger partial charge in [-0.2, -0.15) is 0 Å². The van der Waals surface area contributed by atoms with Crippen LogP contribution in [0.5, 0.6) is 0 Å². The highest BCUT2D eigenvalue weighted by Crippen LogP contribution is 2.18. The second kappa shape index (κ2) is 3.20. The van der Waals surface area contributed by atoms with Gasteiger partial charge < -0.3 is 5.73 Å². The monoisotopic (exact) mass is 161 g/mol. The molecule has 2 N–H and O–H groups in total. The fraction of sp³-hybridized carbons (Fsp3) is 0.333. The fourth-order valence-corrected chi connectivity index (χ4v) is 1.72. The van der Waals surface area contributed by atoms with E-state index in [4.69, 9.17) is 17.3 Å². The fourth-order valence-electron chi connectivity index (χ4n) is 0.627. The number of thiophene rings is 1. The molecule has 0 radical (unpaired) electrons. The van der Waals surface area contributed by atoms with Crippen LogP contribution in [0.2, 0.25) is 5.02 Å². The Morgan fingerprint density at radius 3 is 2.89 bits per heavy atom. The standard InChI is InChI=1S/C6H8ClNS/c7-5-3-6(1-2-8)9-4-5/h3-4H,1-2,8H2. The van der Waals surface area contributed by atoms with Gasteiger partial charge in [-0.25, -0.2) is 0 Å². The van der Waals surface area contributed by atoms with Crippen molar-refractivity contribution < 1.29 is 0 Å². The summed E-state index contributed by atoms with van der Waals surface area (Å²) in [5.74, 6) is 0. The minimum atomic E-state index is 0.705. The molecule has 50 valence electrons. The van der Waals surface area contributed by atoms with E-state index in [0.717, 1.165) is 11.4 Å². The molecule has 0 unspecified atom stereocenters. The third-order valence-electron chi connectivity index (χ3n) is 1.01. The molecule has 1 aromatic heterocycles. The molecule has 1 rings (SSSR count). The first-order valence-electron chi connectivity index (χ1n) is 2.76. The van der Waals surface area contributed by atoms with Crippen molar-refractivity contribution in [1.82, 2.24) is 0 Å². The maximum atomic E-state index is 5.67. The summed E-state index contributed by atoms with van der Waals surface area (Å²) in [4.78, 5) is 1.27. The van der Waals surface area contributed by atoms with Crippen LogP contribution in [0.3, 0.4) is 0 Å². The quantitative estimate of drug-likeness (QED) is 0.705. The lowest BCUT2D eigenvalue weighted by Crippen LogP contribution is -2.00. The largest absolute Gasteiger partial charge is 0.330 e. The van der Waals surface area contributed by atoms with Crippen molar-refractivity contribution in [2.45, 2.75) is 6.42 Å². The van der Waals surface area contributed by atoms with Crippen LogP contribution in [0.4, 0.5) is 0 Å². The van der Waals surface area contributed by atoms with Crippen molar-refractivity contribution in [2.24, 2.45) is 5.73 Å². The normalized spacial score (nSPS) is 10.0. The molecule has 0 saturated heterocycles. The third-order valence-corrected chi connectivity index (χ3v) is 2.36. The van der Waals surface area contributed by atoms with Crippen LogP contribution in [-0.2, 0) is 6.42 Å². The van der Waals surface area contributed by atoms with E-state index in [9.17, 15) is 0 Å². The molecule has 0 saturated carbocycles. The number of halogens is 1. The number of nitrogens with two attached hydrogens (primary N) is 1. The van der Waals surface area contributed by atoms with Crippen molar-refractivity contribution >= 4 is 22.9 Å². The first kappa shape index (κ1) is 7.06. The first-order valence-corrected chi connectivity index (χ1v) is 4.01. The Hall–Kier alpha value is -0.0500. The summed E-state index contributed by atoms with van der Waals surface area (Å²) in [7, 11) is 0. The summed E-state index contributed by atoms with van der Waals surface area (Å²) in [6, 6.07) is 1.96. The lowest BCUT2D eigenvalue weighted by atomic mass is 10.3. The van der Waals surface area contributed by atoms with Gasteiger partial charge in [-0.05, 0) is 19.0 Å². The summed E-state index contributed by atoms with van der Waals surface area (Å²) in [6.07, 6.45) is 0.942. The summed E-state index contributed by atoms with van der Waals surface area (Å²) in [5, 5.41) is 2.75. The number of hydrogen-bond acceptors (Lipinski definition) is 2. The molecule has 0 aliphatic rings. The molecule has 3 heteroatoms. The van der Waals surface area contributed by atoms with Crippen molar-refractivity contribution in [2.75, 3.05) is 6.54 Å². The molecular formula is C6H8ClNS. The van der Waals surface area contributed by atoms with E-state index in [1.165, 1.54) is 4.88 Å². The van der Waals surface area contributed by atoms with E-state index in [2.05, 4.69) is 0 Å². The molecule has 0 aliphatic heterocycles. The molecule has 0 fully saturated rings. The minimum Gasteiger partial charge on any atom is -0.330 e. The van der Waals surface area contributed by atoms with Gasteiger partial charge >= 0.3 is 0 Å². The van der Waals surface area contributed by atoms with Gasteiger partial charge in [0, 0.05) is 10.3 Å². The molecule has 0 amide bonds. The highest BCUT2D eigenvalue weighted by Gasteiger charge is 1.93. The summed E-state index contributed by atoms with van der Waals surface area (Å²) in [6.45, 7) is 0.705. The summed E-state index contributed by atoms with van der Waals surface area (Å²) >= 11 is 7.33. The number of hydrogen-bond donors (Lipinski definition) is 1. The zero-order valence-electron chi connectivity index (χ0n) is 4.93. The average molecular weight is 162 g/mol. The predicted octanol–water partition coefficient (Wildman–Crippen LogP) is 1.90. The molecule has 1 nitrogen and oxygen atoms in total. The van der Waals surface area contributed by atoms with Gasteiger partial charge in [0.2, 0.25) is 0 Å². The Labute approximate surface area is 63.4 Å². The van der Waals surface area contributed by atoms with E-state index < -0.39 is 0 Å². The highest BCUT2D eigenvalue weighted by molar-refractivity contribution is 7.10. The molecule has 0 bridgehead atoms. The maximum Gasteiger partial charge on any atom is 0.0515 e. The lowest BCUT2D eigenvalue weighted by Gasteiger charge is -1.86. The zero-order valence-corrected chi connectivity index (χ0v) is 6.50. The van der Waals surface area contributed by atoms with Crippen LogP contribution in [0.25, 0.3) is 0 Å². The Balaban J connectivity index is 2.61. The smallest absolute Gasteiger partial charge is 0.0515 e. The van der Waals surface area contributed by atoms with Gasteiger partial charge in [0.1, 0.15) is 0 Å².